The quantitative estimate of drug-likeness (QED) is 0.799. The molecule has 2 rings (SSSR count). The lowest BCUT2D eigenvalue weighted by Gasteiger charge is -2.32. The Morgan fingerprint density at radius 3 is 2.50 bits per heavy atom. The second-order valence-corrected chi connectivity index (χ2v) is 6.02. The molecule has 1 aliphatic rings. The van der Waals surface area contributed by atoms with Gasteiger partial charge < -0.3 is 10.6 Å². The maximum absolute atomic E-state index is 13.0. The molecule has 1 amide bonds. The third-order valence-electron chi connectivity index (χ3n) is 4.39. The molecule has 4 nitrogen and oxygen atoms in total. The molecular formula is C17H24F3N3O. The summed E-state index contributed by atoms with van der Waals surface area (Å²) in [4.78, 5) is 14.5. The third kappa shape index (κ3) is 4.48. The van der Waals surface area contributed by atoms with E-state index < -0.39 is 17.8 Å². The van der Waals surface area contributed by atoms with Gasteiger partial charge in [0.2, 0.25) is 5.91 Å². The van der Waals surface area contributed by atoms with E-state index in [2.05, 4.69) is 10.6 Å². The van der Waals surface area contributed by atoms with Gasteiger partial charge in [0.1, 0.15) is 6.04 Å². The summed E-state index contributed by atoms with van der Waals surface area (Å²) < 4.78 is 39.0. The average Bonchev–Trinajstić information content (AvgIpc) is 2.50. The van der Waals surface area contributed by atoms with Crippen molar-refractivity contribution in [2.45, 2.75) is 26.1 Å². The van der Waals surface area contributed by atoms with Gasteiger partial charge in [0, 0.05) is 25.6 Å². The molecule has 1 atom stereocenters. The smallest absolute Gasteiger partial charge is 0.354 e. The van der Waals surface area contributed by atoms with Crippen molar-refractivity contribution >= 4 is 5.91 Å². The lowest BCUT2D eigenvalue weighted by Crippen LogP contribution is -2.50. The van der Waals surface area contributed by atoms with Gasteiger partial charge in [-0.3, -0.25) is 9.69 Å². The second-order valence-electron chi connectivity index (χ2n) is 6.02. The van der Waals surface area contributed by atoms with Crippen LogP contribution in [0, 0.1) is 5.92 Å². The van der Waals surface area contributed by atoms with E-state index in [-0.39, 0.29) is 5.91 Å². The van der Waals surface area contributed by atoms with Crippen LogP contribution < -0.4 is 10.6 Å². The van der Waals surface area contributed by atoms with Crippen LogP contribution in [-0.4, -0.2) is 43.5 Å². The number of nitrogens with zero attached hydrogens (tertiary/aromatic N) is 1. The molecule has 0 bridgehead atoms. The molecule has 1 aromatic rings. The fourth-order valence-corrected chi connectivity index (χ4v) is 2.84. The molecule has 0 saturated carbocycles. The zero-order chi connectivity index (χ0) is 17.7. The number of carbonyl (C=O) groups is 1. The van der Waals surface area contributed by atoms with Gasteiger partial charge >= 0.3 is 6.18 Å². The van der Waals surface area contributed by atoms with Crippen LogP contribution >= 0.6 is 0 Å². The van der Waals surface area contributed by atoms with Gasteiger partial charge in [-0.05, 0) is 30.8 Å². The molecule has 2 N–H and O–H groups in total. The Balaban J connectivity index is 2.23. The highest BCUT2D eigenvalue weighted by molar-refractivity contribution is 5.83. The van der Waals surface area contributed by atoms with Crippen LogP contribution in [0.25, 0.3) is 0 Å². The molecular weight excluding hydrogens is 319 g/mol. The van der Waals surface area contributed by atoms with E-state index in [4.69, 9.17) is 0 Å². The van der Waals surface area contributed by atoms with Crippen LogP contribution in [0.2, 0.25) is 0 Å². The molecule has 0 aliphatic carbocycles. The van der Waals surface area contributed by atoms with E-state index in [9.17, 15) is 18.0 Å². The van der Waals surface area contributed by atoms with Crippen LogP contribution in [-0.2, 0) is 11.0 Å². The van der Waals surface area contributed by atoms with Crippen molar-refractivity contribution in [3.63, 3.8) is 0 Å². The lowest BCUT2D eigenvalue weighted by molar-refractivity contribution is -0.138. The highest BCUT2D eigenvalue weighted by Gasteiger charge is 2.33. The van der Waals surface area contributed by atoms with E-state index in [1.54, 1.807) is 6.07 Å². The molecule has 7 heteroatoms. The van der Waals surface area contributed by atoms with Crippen molar-refractivity contribution in [3.8, 4) is 0 Å². The average molecular weight is 343 g/mol. The first-order valence-electron chi connectivity index (χ1n) is 8.26. The maximum Gasteiger partial charge on any atom is 0.416 e. The monoisotopic (exact) mass is 343 g/mol. The summed E-state index contributed by atoms with van der Waals surface area (Å²) in [5.41, 5.74) is -0.356. The third-order valence-corrected chi connectivity index (χ3v) is 4.39. The Kier molecular flexibility index (Phi) is 6.23. The molecule has 1 heterocycles. The number of carbonyl (C=O) groups excluding carboxylic acids is 1. The molecule has 0 spiro atoms. The topological polar surface area (TPSA) is 44.4 Å². The van der Waals surface area contributed by atoms with E-state index in [1.165, 1.54) is 6.07 Å². The standard InChI is InChI=1S/C17H24F3N3O/c1-3-23(4-2)15(16(24)22-11-12-9-21-10-12)13-6-5-7-14(8-13)17(18,19)20/h5-8,12,15,21H,3-4,9-11H2,1-2H3,(H,22,24). The SMILES string of the molecule is CCN(CC)C(C(=O)NCC1CNC1)c1cccc(C(F)(F)F)c1. The first-order chi connectivity index (χ1) is 11.4. The summed E-state index contributed by atoms with van der Waals surface area (Å²) in [6.07, 6.45) is -4.42. The summed E-state index contributed by atoms with van der Waals surface area (Å²) in [7, 11) is 0. The number of rotatable bonds is 7. The number of amides is 1. The molecule has 1 unspecified atom stereocenters. The van der Waals surface area contributed by atoms with Crippen molar-refractivity contribution < 1.29 is 18.0 Å². The lowest BCUT2D eigenvalue weighted by atomic mass is 10.00. The Bertz CT molecular complexity index is 554. The number of halogens is 3. The predicted molar refractivity (Wildman–Crippen MR) is 86.5 cm³/mol. The van der Waals surface area contributed by atoms with Crippen molar-refractivity contribution in [3.05, 3.63) is 35.4 Å². The molecule has 24 heavy (non-hydrogen) atoms. The Morgan fingerprint density at radius 1 is 1.33 bits per heavy atom. The van der Waals surface area contributed by atoms with Crippen LogP contribution in [0.3, 0.4) is 0 Å². The molecule has 1 fully saturated rings. The number of likely N-dealkylation sites (N-methyl/N-ethyl adjacent to an activating group) is 1. The summed E-state index contributed by atoms with van der Waals surface area (Å²) in [6.45, 7) is 7.22. The molecule has 0 radical (unpaired) electrons. The van der Waals surface area contributed by atoms with Crippen LogP contribution in [0.15, 0.2) is 24.3 Å². The molecule has 134 valence electrons. The number of alkyl halides is 3. The minimum atomic E-state index is -4.42. The summed E-state index contributed by atoms with van der Waals surface area (Å²) in [5.74, 6) is 0.151. The highest BCUT2D eigenvalue weighted by Crippen LogP contribution is 2.32. The van der Waals surface area contributed by atoms with E-state index in [0.717, 1.165) is 25.2 Å². The van der Waals surface area contributed by atoms with Gasteiger partial charge in [-0.25, -0.2) is 0 Å². The van der Waals surface area contributed by atoms with Gasteiger partial charge in [-0.2, -0.15) is 13.2 Å². The van der Waals surface area contributed by atoms with Gasteiger partial charge in [-0.15, -0.1) is 0 Å². The first kappa shape index (κ1) is 18.7. The van der Waals surface area contributed by atoms with Crippen molar-refractivity contribution in [2.24, 2.45) is 5.92 Å². The Morgan fingerprint density at radius 2 is 2.00 bits per heavy atom. The highest BCUT2D eigenvalue weighted by atomic mass is 19.4. The van der Waals surface area contributed by atoms with Gasteiger partial charge in [0.25, 0.3) is 0 Å². The van der Waals surface area contributed by atoms with Crippen LogP contribution in [0.5, 0.6) is 0 Å². The molecule has 1 saturated heterocycles. The van der Waals surface area contributed by atoms with E-state index >= 15 is 0 Å². The van der Waals surface area contributed by atoms with Gasteiger partial charge in [0.15, 0.2) is 0 Å². The van der Waals surface area contributed by atoms with E-state index in [0.29, 0.717) is 31.1 Å². The minimum absolute atomic E-state index is 0.245. The number of benzene rings is 1. The number of nitrogens with one attached hydrogen (secondary N) is 2. The zero-order valence-electron chi connectivity index (χ0n) is 14.0. The van der Waals surface area contributed by atoms with Crippen LogP contribution in [0.4, 0.5) is 13.2 Å². The number of hydrogen-bond acceptors (Lipinski definition) is 3. The number of hydrogen-bond donors (Lipinski definition) is 2. The van der Waals surface area contributed by atoms with Crippen molar-refractivity contribution in [1.82, 2.24) is 15.5 Å². The molecule has 0 aromatic heterocycles. The summed E-state index contributed by atoms with van der Waals surface area (Å²) in [6, 6.07) is 4.34. The predicted octanol–water partition coefficient (Wildman–Crippen LogP) is 2.42. The molecule has 1 aliphatic heterocycles. The fourth-order valence-electron chi connectivity index (χ4n) is 2.84. The van der Waals surface area contributed by atoms with Gasteiger partial charge in [0.05, 0.1) is 5.56 Å². The van der Waals surface area contributed by atoms with E-state index in [1.807, 2.05) is 18.7 Å². The summed E-state index contributed by atoms with van der Waals surface area (Å²) >= 11 is 0. The van der Waals surface area contributed by atoms with Gasteiger partial charge in [-0.1, -0.05) is 26.0 Å². The minimum Gasteiger partial charge on any atom is -0.354 e. The maximum atomic E-state index is 13.0. The Labute approximate surface area is 140 Å². The fraction of sp³-hybridized carbons (Fsp3) is 0.588. The normalized spacial score (nSPS) is 16.8. The Hall–Kier alpha value is -1.60. The van der Waals surface area contributed by atoms with Crippen molar-refractivity contribution in [1.29, 1.82) is 0 Å². The zero-order valence-corrected chi connectivity index (χ0v) is 14.0. The first-order valence-corrected chi connectivity index (χ1v) is 8.26. The largest absolute Gasteiger partial charge is 0.416 e. The van der Waals surface area contributed by atoms with Crippen molar-refractivity contribution in [2.75, 3.05) is 32.7 Å². The summed E-state index contributed by atoms with van der Waals surface area (Å²) in [5, 5.41) is 6.02. The molecule has 1 aromatic carbocycles. The second kappa shape index (κ2) is 7.98. The van der Waals surface area contributed by atoms with Crippen LogP contribution in [0.1, 0.15) is 31.0 Å².